The number of aromatic nitrogens is 2. The van der Waals surface area contributed by atoms with Gasteiger partial charge in [0.15, 0.2) is 0 Å². The van der Waals surface area contributed by atoms with E-state index in [1.807, 2.05) is 32.0 Å². The smallest absolute Gasteiger partial charge is 0.228 e. The fourth-order valence-electron chi connectivity index (χ4n) is 3.05. The average Bonchev–Trinajstić information content (AvgIpc) is 3.00. The largest absolute Gasteiger partial charge is 0.493 e. The summed E-state index contributed by atoms with van der Waals surface area (Å²) in [5, 5.41) is 6.96. The lowest BCUT2D eigenvalue weighted by atomic mass is 10.1. The summed E-state index contributed by atoms with van der Waals surface area (Å²) >= 11 is 0. The molecule has 29 heavy (non-hydrogen) atoms. The van der Waals surface area contributed by atoms with Crippen LogP contribution < -0.4 is 10.1 Å². The van der Waals surface area contributed by atoms with Crippen molar-refractivity contribution in [3.05, 3.63) is 76.5 Å². The third kappa shape index (κ3) is 4.99. The Bertz CT molecular complexity index is 1010. The summed E-state index contributed by atoms with van der Waals surface area (Å²) in [6.07, 6.45) is 1.72. The molecule has 0 aliphatic carbocycles. The molecule has 0 aliphatic rings. The Hall–Kier alpha value is -3.22. The summed E-state index contributed by atoms with van der Waals surface area (Å²) in [5.41, 5.74) is 2.90. The van der Waals surface area contributed by atoms with Crippen LogP contribution in [0.2, 0.25) is 0 Å². The molecule has 0 aliphatic heterocycles. The maximum absolute atomic E-state index is 13.9. The molecule has 1 amide bonds. The highest BCUT2D eigenvalue weighted by Gasteiger charge is 2.14. The fourth-order valence-corrected chi connectivity index (χ4v) is 3.05. The molecule has 0 fully saturated rings. The van der Waals surface area contributed by atoms with E-state index in [2.05, 4.69) is 10.4 Å². The van der Waals surface area contributed by atoms with Crippen LogP contribution in [0.25, 0.3) is 0 Å². The van der Waals surface area contributed by atoms with Crippen LogP contribution in [0.5, 0.6) is 5.75 Å². The Balaban J connectivity index is 1.63. The summed E-state index contributed by atoms with van der Waals surface area (Å²) in [6.45, 7) is 5.93. The lowest BCUT2D eigenvalue weighted by Gasteiger charge is -2.13. The predicted molar refractivity (Wildman–Crippen MR) is 107 cm³/mol. The topological polar surface area (TPSA) is 56.1 Å². The van der Waals surface area contributed by atoms with Gasteiger partial charge in [-0.25, -0.2) is 13.5 Å². The number of benzene rings is 2. The van der Waals surface area contributed by atoms with Crippen LogP contribution in [-0.4, -0.2) is 22.3 Å². The number of hydrogen-bond donors (Lipinski definition) is 1. The maximum atomic E-state index is 13.9. The second-order valence-electron chi connectivity index (χ2n) is 6.94. The molecular formula is C22H23F2N3O2. The Kier molecular flexibility index (Phi) is 6.26. The number of nitrogens with zero attached hydrogens (tertiary/aromatic N) is 2. The molecular weight excluding hydrogens is 376 g/mol. The van der Waals surface area contributed by atoms with Crippen LogP contribution >= 0.6 is 0 Å². The van der Waals surface area contributed by atoms with Crippen molar-refractivity contribution in [2.45, 2.75) is 33.7 Å². The van der Waals surface area contributed by atoms with Crippen LogP contribution in [0.1, 0.15) is 28.7 Å². The predicted octanol–water partition coefficient (Wildman–Crippen LogP) is 4.54. The molecule has 0 bridgehead atoms. The molecule has 5 nitrogen and oxygen atoms in total. The van der Waals surface area contributed by atoms with E-state index in [0.29, 0.717) is 5.82 Å². The third-order valence-electron chi connectivity index (χ3n) is 4.59. The first-order valence-corrected chi connectivity index (χ1v) is 9.30. The Morgan fingerprint density at radius 3 is 2.55 bits per heavy atom. The number of ether oxygens (including phenoxy) is 1. The lowest BCUT2D eigenvalue weighted by Crippen LogP contribution is -2.19. The maximum Gasteiger partial charge on any atom is 0.228 e. The molecule has 1 N–H and O–H groups in total. The number of nitrogens with one attached hydrogen (secondary N) is 1. The van der Waals surface area contributed by atoms with Gasteiger partial charge in [0.25, 0.3) is 0 Å². The minimum atomic E-state index is -0.529. The third-order valence-corrected chi connectivity index (χ3v) is 4.59. The van der Waals surface area contributed by atoms with Gasteiger partial charge in [0.05, 0.1) is 25.8 Å². The Morgan fingerprint density at radius 2 is 1.83 bits per heavy atom. The summed E-state index contributed by atoms with van der Waals surface area (Å²) < 4.78 is 34.6. The normalized spacial score (nSPS) is 10.8. The van der Waals surface area contributed by atoms with E-state index in [9.17, 15) is 13.6 Å². The number of hydrogen-bond acceptors (Lipinski definition) is 3. The quantitative estimate of drug-likeness (QED) is 0.635. The molecule has 3 rings (SSSR count). The zero-order chi connectivity index (χ0) is 21.0. The molecule has 1 aromatic heterocycles. The van der Waals surface area contributed by atoms with E-state index in [-0.39, 0.29) is 31.0 Å². The lowest BCUT2D eigenvalue weighted by molar-refractivity contribution is -0.116. The zero-order valence-corrected chi connectivity index (χ0v) is 16.6. The molecule has 0 atom stereocenters. The van der Waals surface area contributed by atoms with Gasteiger partial charge in [-0.3, -0.25) is 4.79 Å². The Labute approximate surface area is 168 Å². The van der Waals surface area contributed by atoms with Crippen LogP contribution in [-0.2, 0) is 11.3 Å². The average molecular weight is 399 g/mol. The standard InChI is InChI=1S/C22H23F2N3O2/c1-14-5-4-6-15(2)21(14)29-10-9-20(28)26-22-16(3)12-25-27(22)13-17-11-18(23)7-8-19(17)24/h4-8,11-12H,9-10,13H2,1-3H3,(H,26,28). The van der Waals surface area contributed by atoms with E-state index < -0.39 is 11.6 Å². The fraction of sp³-hybridized carbons (Fsp3) is 0.273. The van der Waals surface area contributed by atoms with Crippen LogP contribution in [0.15, 0.2) is 42.6 Å². The van der Waals surface area contributed by atoms with Crippen molar-refractivity contribution in [1.29, 1.82) is 0 Å². The number of carbonyl (C=O) groups is 1. The molecule has 2 aromatic carbocycles. The van der Waals surface area contributed by atoms with Crippen molar-refractivity contribution in [2.75, 3.05) is 11.9 Å². The first-order valence-electron chi connectivity index (χ1n) is 9.30. The van der Waals surface area contributed by atoms with Gasteiger partial charge in [-0.2, -0.15) is 5.10 Å². The van der Waals surface area contributed by atoms with Gasteiger partial charge in [-0.15, -0.1) is 0 Å². The minimum absolute atomic E-state index is 0.00590. The molecule has 0 saturated heterocycles. The summed E-state index contributed by atoms with van der Waals surface area (Å²) in [7, 11) is 0. The number of amides is 1. The highest BCUT2D eigenvalue weighted by Crippen LogP contribution is 2.23. The van der Waals surface area contributed by atoms with E-state index >= 15 is 0 Å². The molecule has 0 radical (unpaired) electrons. The molecule has 0 saturated carbocycles. The summed E-state index contributed by atoms with van der Waals surface area (Å²) in [5.74, 6) is -0.0759. The SMILES string of the molecule is Cc1cccc(C)c1OCCC(=O)Nc1c(C)cnn1Cc1cc(F)ccc1F. The van der Waals surface area contributed by atoms with Gasteiger partial charge in [-0.05, 0) is 50.1 Å². The molecule has 7 heteroatoms. The number of para-hydroxylation sites is 1. The van der Waals surface area contributed by atoms with Gasteiger partial charge in [0.2, 0.25) is 5.91 Å². The Morgan fingerprint density at radius 1 is 1.10 bits per heavy atom. The van der Waals surface area contributed by atoms with Crippen molar-refractivity contribution in [2.24, 2.45) is 0 Å². The second-order valence-corrected chi connectivity index (χ2v) is 6.94. The van der Waals surface area contributed by atoms with Crippen molar-refractivity contribution >= 4 is 11.7 Å². The minimum Gasteiger partial charge on any atom is -0.493 e. The highest BCUT2D eigenvalue weighted by atomic mass is 19.1. The molecule has 0 unspecified atom stereocenters. The van der Waals surface area contributed by atoms with Crippen LogP contribution in [0.4, 0.5) is 14.6 Å². The van der Waals surface area contributed by atoms with Crippen molar-refractivity contribution in [3.63, 3.8) is 0 Å². The van der Waals surface area contributed by atoms with Gasteiger partial charge in [0, 0.05) is 11.1 Å². The van der Waals surface area contributed by atoms with Crippen LogP contribution in [0.3, 0.4) is 0 Å². The number of halogens is 2. The van der Waals surface area contributed by atoms with E-state index in [0.717, 1.165) is 40.6 Å². The van der Waals surface area contributed by atoms with Gasteiger partial charge in [-0.1, -0.05) is 18.2 Å². The van der Waals surface area contributed by atoms with E-state index in [4.69, 9.17) is 4.74 Å². The monoisotopic (exact) mass is 399 g/mol. The number of aryl methyl sites for hydroxylation is 3. The molecule has 1 heterocycles. The number of anilines is 1. The summed E-state index contributed by atoms with van der Waals surface area (Å²) in [4.78, 5) is 12.4. The van der Waals surface area contributed by atoms with Gasteiger partial charge >= 0.3 is 0 Å². The second kappa shape index (κ2) is 8.86. The molecule has 0 spiro atoms. The number of carbonyl (C=O) groups excluding carboxylic acids is 1. The first-order chi connectivity index (χ1) is 13.8. The van der Waals surface area contributed by atoms with Crippen molar-refractivity contribution in [3.8, 4) is 5.75 Å². The summed E-state index contributed by atoms with van der Waals surface area (Å²) in [6, 6.07) is 9.12. The van der Waals surface area contributed by atoms with E-state index in [1.165, 1.54) is 4.68 Å². The van der Waals surface area contributed by atoms with Crippen molar-refractivity contribution < 1.29 is 18.3 Å². The van der Waals surface area contributed by atoms with E-state index in [1.54, 1.807) is 13.1 Å². The zero-order valence-electron chi connectivity index (χ0n) is 16.6. The first kappa shape index (κ1) is 20.5. The van der Waals surface area contributed by atoms with Crippen molar-refractivity contribution in [1.82, 2.24) is 9.78 Å². The molecule has 3 aromatic rings. The highest BCUT2D eigenvalue weighted by molar-refractivity contribution is 5.90. The van der Waals surface area contributed by atoms with Gasteiger partial charge in [0.1, 0.15) is 23.2 Å². The van der Waals surface area contributed by atoms with Gasteiger partial charge < -0.3 is 10.1 Å². The van der Waals surface area contributed by atoms with Crippen LogP contribution in [0, 0.1) is 32.4 Å². The molecule has 152 valence electrons. The number of rotatable bonds is 7.